The summed E-state index contributed by atoms with van der Waals surface area (Å²) in [4.78, 5) is 13.5. The number of rotatable bonds is 6. The molecular formula is C17H25N3OS. The van der Waals surface area contributed by atoms with Gasteiger partial charge in [0.05, 0.1) is 12.6 Å². The van der Waals surface area contributed by atoms with E-state index in [2.05, 4.69) is 48.9 Å². The molecule has 0 unspecified atom stereocenters. The van der Waals surface area contributed by atoms with Crippen molar-refractivity contribution in [2.75, 3.05) is 6.54 Å². The molecule has 1 saturated carbocycles. The normalized spacial score (nSPS) is 19.0. The Morgan fingerprint density at radius 1 is 1.45 bits per heavy atom. The largest absolute Gasteiger partial charge is 0.337 e. The predicted octanol–water partition coefficient (Wildman–Crippen LogP) is 3.23. The number of nitrogens with zero attached hydrogens (tertiary/aromatic N) is 1. The van der Waals surface area contributed by atoms with Crippen LogP contribution in [-0.2, 0) is 4.79 Å². The molecule has 0 aromatic carbocycles. The molecule has 1 aromatic rings. The van der Waals surface area contributed by atoms with Crippen LogP contribution in [0.2, 0.25) is 0 Å². The number of thiophene rings is 1. The van der Waals surface area contributed by atoms with Crippen LogP contribution in [0.5, 0.6) is 0 Å². The minimum atomic E-state index is -0.723. The van der Waals surface area contributed by atoms with E-state index in [1.165, 1.54) is 4.88 Å². The van der Waals surface area contributed by atoms with E-state index in [1.54, 1.807) is 11.3 Å². The molecule has 0 saturated heterocycles. The van der Waals surface area contributed by atoms with Gasteiger partial charge in [-0.2, -0.15) is 5.26 Å². The minimum Gasteiger partial charge on any atom is -0.337 e. The van der Waals surface area contributed by atoms with Crippen molar-refractivity contribution in [1.29, 1.82) is 5.26 Å². The second kappa shape index (κ2) is 6.39. The molecule has 120 valence electrons. The van der Waals surface area contributed by atoms with Gasteiger partial charge in [-0.05, 0) is 42.5 Å². The van der Waals surface area contributed by atoms with Gasteiger partial charge in [0, 0.05) is 10.9 Å². The Hall–Kier alpha value is -1.38. The van der Waals surface area contributed by atoms with E-state index in [4.69, 9.17) is 0 Å². The zero-order valence-corrected chi connectivity index (χ0v) is 14.6. The lowest BCUT2D eigenvalue weighted by Crippen LogP contribution is -2.50. The molecule has 1 aromatic heterocycles. The highest BCUT2D eigenvalue weighted by Crippen LogP contribution is 2.39. The maximum Gasteiger partial charge on any atom is 0.235 e. The van der Waals surface area contributed by atoms with Gasteiger partial charge in [0.2, 0.25) is 5.91 Å². The molecule has 0 spiro atoms. The smallest absolute Gasteiger partial charge is 0.235 e. The molecule has 1 fully saturated rings. The van der Waals surface area contributed by atoms with E-state index < -0.39 is 5.54 Å². The van der Waals surface area contributed by atoms with Crippen molar-refractivity contribution in [2.45, 2.75) is 52.1 Å². The molecule has 4 nitrogen and oxygen atoms in total. The van der Waals surface area contributed by atoms with Gasteiger partial charge in [0.1, 0.15) is 5.54 Å². The summed E-state index contributed by atoms with van der Waals surface area (Å²) in [5.74, 6) is 0.193. The standard InChI is InChI=1S/C17H25N3OS/c1-16(2,3)15(13-6-5-9-22-13)19-10-14(21)20-17(4,11-18)12-7-8-12/h5-6,9,12,15,19H,7-8,10H2,1-4H3,(H,20,21)/t15-,17-/m1/s1. The molecule has 0 bridgehead atoms. The van der Waals surface area contributed by atoms with Gasteiger partial charge in [0.15, 0.2) is 0 Å². The summed E-state index contributed by atoms with van der Waals surface area (Å²) in [6.07, 6.45) is 2.05. The van der Waals surface area contributed by atoms with Gasteiger partial charge in [-0.1, -0.05) is 26.8 Å². The first-order valence-electron chi connectivity index (χ1n) is 7.75. The summed E-state index contributed by atoms with van der Waals surface area (Å²) in [6, 6.07) is 6.50. The topological polar surface area (TPSA) is 64.9 Å². The first-order chi connectivity index (χ1) is 10.3. The van der Waals surface area contributed by atoms with E-state index in [1.807, 2.05) is 13.0 Å². The molecule has 2 rings (SSSR count). The summed E-state index contributed by atoms with van der Waals surface area (Å²) >= 11 is 1.70. The third kappa shape index (κ3) is 4.08. The monoisotopic (exact) mass is 319 g/mol. The van der Waals surface area contributed by atoms with Gasteiger partial charge in [-0.15, -0.1) is 11.3 Å². The van der Waals surface area contributed by atoms with Gasteiger partial charge >= 0.3 is 0 Å². The maximum absolute atomic E-state index is 12.2. The first kappa shape index (κ1) is 17.0. The molecule has 5 heteroatoms. The van der Waals surface area contributed by atoms with Crippen molar-refractivity contribution in [3.05, 3.63) is 22.4 Å². The summed E-state index contributed by atoms with van der Waals surface area (Å²) in [5.41, 5.74) is -0.709. The number of hydrogen-bond acceptors (Lipinski definition) is 4. The van der Waals surface area contributed by atoms with Gasteiger partial charge in [-0.25, -0.2) is 0 Å². The number of hydrogen-bond donors (Lipinski definition) is 2. The summed E-state index contributed by atoms with van der Waals surface area (Å²) < 4.78 is 0. The molecule has 1 aliphatic carbocycles. The SMILES string of the molecule is CC(C)(C)[C@H](NCC(=O)N[C@](C)(C#N)C1CC1)c1cccs1. The molecule has 1 heterocycles. The molecule has 0 aliphatic heterocycles. The molecular weight excluding hydrogens is 294 g/mol. The maximum atomic E-state index is 12.2. The van der Waals surface area contributed by atoms with Crippen LogP contribution in [0.25, 0.3) is 0 Å². The third-order valence-corrected chi connectivity index (χ3v) is 5.12. The minimum absolute atomic E-state index is 0.0140. The fraction of sp³-hybridized carbons (Fsp3) is 0.647. The first-order valence-corrected chi connectivity index (χ1v) is 8.63. The Balaban J connectivity index is 1.95. The van der Waals surface area contributed by atoms with Crippen LogP contribution in [0.4, 0.5) is 0 Å². The molecule has 22 heavy (non-hydrogen) atoms. The Labute approximate surface area is 136 Å². The predicted molar refractivity (Wildman–Crippen MR) is 89.4 cm³/mol. The average molecular weight is 319 g/mol. The zero-order chi connectivity index (χ0) is 16.4. The number of amides is 1. The van der Waals surface area contributed by atoms with Crippen molar-refractivity contribution in [3.63, 3.8) is 0 Å². The van der Waals surface area contributed by atoms with Crippen LogP contribution in [-0.4, -0.2) is 18.0 Å². The van der Waals surface area contributed by atoms with Crippen LogP contribution in [0.1, 0.15) is 51.5 Å². The van der Waals surface area contributed by atoms with Gasteiger partial charge in [-0.3, -0.25) is 4.79 Å². The molecule has 0 radical (unpaired) electrons. The lowest BCUT2D eigenvalue weighted by Gasteiger charge is -2.31. The highest BCUT2D eigenvalue weighted by Gasteiger charge is 2.43. The second-order valence-electron chi connectivity index (χ2n) is 7.33. The van der Waals surface area contributed by atoms with Crippen LogP contribution < -0.4 is 10.6 Å². The van der Waals surface area contributed by atoms with Crippen molar-refractivity contribution in [2.24, 2.45) is 11.3 Å². The number of carbonyl (C=O) groups is 1. The average Bonchev–Trinajstić information content (AvgIpc) is 3.16. The van der Waals surface area contributed by atoms with Crippen molar-refractivity contribution in [1.82, 2.24) is 10.6 Å². The lowest BCUT2D eigenvalue weighted by atomic mass is 9.86. The lowest BCUT2D eigenvalue weighted by molar-refractivity contribution is -0.121. The summed E-state index contributed by atoms with van der Waals surface area (Å²) in [6.45, 7) is 8.52. The van der Waals surface area contributed by atoms with Crippen LogP contribution >= 0.6 is 11.3 Å². The number of carbonyl (C=O) groups excluding carboxylic acids is 1. The fourth-order valence-corrected chi connectivity index (χ4v) is 3.74. The Morgan fingerprint density at radius 3 is 2.59 bits per heavy atom. The van der Waals surface area contributed by atoms with E-state index in [-0.39, 0.29) is 23.9 Å². The van der Waals surface area contributed by atoms with Gasteiger partial charge in [0.25, 0.3) is 0 Å². The molecule has 2 atom stereocenters. The van der Waals surface area contributed by atoms with Crippen LogP contribution in [0.3, 0.4) is 0 Å². The van der Waals surface area contributed by atoms with E-state index in [9.17, 15) is 10.1 Å². The van der Waals surface area contributed by atoms with Crippen LogP contribution in [0.15, 0.2) is 17.5 Å². The Morgan fingerprint density at radius 2 is 2.14 bits per heavy atom. The Kier molecular flexibility index (Phi) is 4.93. The molecule has 1 aliphatic rings. The Bertz CT molecular complexity index is 551. The zero-order valence-electron chi connectivity index (χ0n) is 13.8. The third-order valence-electron chi connectivity index (χ3n) is 4.19. The van der Waals surface area contributed by atoms with E-state index >= 15 is 0 Å². The molecule has 1 amide bonds. The van der Waals surface area contributed by atoms with Crippen molar-refractivity contribution >= 4 is 17.2 Å². The molecule has 2 N–H and O–H groups in total. The van der Waals surface area contributed by atoms with Crippen molar-refractivity contribution < 1.29 is 4.79 Å². The fourth-order valence-electron chi connectivity index (χ4n) is 2.70. The highest BCUT2D eigenvalue weighted by atomic mass is 32.1. The van der Waals surface area contributed by atoms with Gasteiger partial charge < -0.3 is 10.6 Å². The quantitative estimate of drug-likeness (QED) is 0.846. The number of nitriles is 1. The summed E-state index contributed by atoms with van der Waals surface area (Å²) in [7, 11) is 0. The number of nitrogens with one attached hydrogen (secondary N) is 2. The second-order valence-corrected chi connectivity index (χ2v) is 8.31. The highest BCUT2D eigenvalue weighted by molar-refractivity contribution is 7.10. The van der Waals surface area contributed by atoms with E-state index in [0.29, 0.717) is 5.92 Å². The van der Waals surface area contributed by atoms with Crippen molar-refractivity contribution in [3.8, 4) is 6.07 Å². The van der Waals surface area contributed by atoms with Crippen LogP contribution in [0, 0.1) is 22.7 Å². The summed E-state index contributed by atoms with van der Waals surface area (Å²) in [5, 5.41) is 17.6. The van der Waals surface area contributed by atoms with E-state index in [0.717, 1.165) is 12.8 Å².